The summed E-state index contributed by atoms with van der Waals surface area (Å²) in [5.41, 5.74) is 1.14. The molecule has 2 saturated heterocycles. The largest absolute Gasteiger partial charge is 0.444 e. The van der Waals surface area contributed by atoms with Gasteiger partial charge in [0.05, 0.1) is 28.8 Å². The van der Waals surface area contributed by atoms with Crippen LogP contribution >= 0.6 is 0 Å². The lowest BCUT2D eigenvalue weighted by Crippen LogP contribution is -2.47. The van der Waals surface area contributed by atoms with Crippen LogP contribution in [-0.2, 0) is 19.5 Å². The summed E-state index contributed by atoms with van der Waals surface area (Å²) in [6.45, 7) is 8.97. The number of pyridine rings is 1. The number of aromatic nitrogens is 3. The normalized spacial score (nSPS) is 18.3. The number of sulfonamides is 1. The number of hydrogen-bond acceptors (Lipinski definition) is 10. The molecule has 6 rings (SSSR count). The molecule has 0 aliphatic carbocycles. The number of halogens is 1. The standard InChI is InChI=1S/C35H41FN6O6S/c1-22-11-12-25-26(13-14-28(36)30(25)41-49(44,45)21-24-9-7-19-46-24)31(22)47-32-27(10-5-16-37-32)29-15-17-38-33(40-29)39-23-8-6-18-42(20-23)34(43)48-35(2,3)4/h5,10-17,23-24,41H,6-9,18-21H2,1-4H3,(H,38,39,40)/t23-,24+/m0/s1. The third kappa shape index (κ3) is 8.36. The first-order valence-corrected chi connectivity index (χ1v) is 18.0. The van der Waals surface area contributed by atoms with Crippen molar-refractivity contribution in [2.45, 2.75) is 71.1 Å². The van der Waals surface area contributed by atoms with Gasteiger partial charge in [-0.1, -0.05) is 12.1 Å². The van der Waals surface area contributed by atoms with Crippen LogP contribution in [0.4, 0.5) is 20.8 Å². The van der Waals surface area contributed by atoms with Crippen LogP contribution in [0.25, 0.3) is 22.0 Å². The van der Waals surface area contributed by atoms with Crippen molar-refractivity contribution in [3.05, 3.63) is 66.2 Å². The molecule has 2 atom stereocenters. The summed E-state index contributed by atoms with van der Waals surface area (Å²) in [4.78, 5) is 28.0. The predicted molar refractivity (Wildman–Crippen MR) is 185 cm³/mol. The van der Waals surface area contributed by atoms with Gasteiger partial charge in [-0.3, -0.25) is 4.72 Å². The zero-order chi connectivity index (χ0) is 34.8. The fourth-order valence-electron chi connectivity index (χ4n) is 6.03. The molecule has 1 amide bonds. The Bertz CT molecular complexity index is 1950. The number of anilines is 2. The van der Waals surface area contributed by atoms with Crippen molar-refractivity contribution in [3.63, 3.8) is 0 Å². The maximum Gasteiger partial charge on any atom is 0.410 e. The van der Waals surface area contributed by atoms with Gasteiger partial charge in [0.25, 0.3) is 0 Å². The summed E-state index contributed by atoms with van der Waals surface area (Å²) in [6.07, 6.45) is 5.53. The van der Waals surface area contributed by atoms with Crippen molar-refractivity contribution in [3.8, 4) is 22.9 Å². The fraction of sp³-hybridized carbons (Fsp3) is 0.429. The number of nitrogens with zero attached hydrogens (tertiary/aromatic N) is 4. The van der Waals surface area contributed by atoms with Crippen LogP contribution < -0.4 is 14.8 Å². The van der Waals surface area contributed by atoms with Gasteiger partial charge >= 0.3 is 6.09 Å². The minimum Gasteiger partial charge on any atom is -0.444 e. The van der Waals surface area contributed by atoms with E-state index >= 15 is 4.39 Å². The van der Waals surface area contributed by atoms with Crippen LogP contribution in [0.1, 0.15) is 52.0 Å². The number of hydrogen-bond donors (Lipinski definition) is 2. The van der Waals surface area contributed by atoms with Crippen LogP contribution in [0.15, 0.2) is 54.9 Å². The predicted octanol–water partition coefficient (Wildman–Crippen LogP) is 6.66. The highest BCUT2D eigenvalue weighted by Gasteiger charge is 2.29. The van der Waals surface area contributed by atoms with Gasteiger partial charge in [-0.2, -0.15) is 0 Å². The molecule has 260 valence electrons. The summed E-state index contributed by atoms with van der Waals surface area (Å²) in [5, 5.41) is 4.21. The van der Waals surface area contributed by atoms with Gasteiger partial charge in [0, 0.05) is 48.9 Å². The van der Waals surface area contributed by atoms with E-state index in [0.717, 1.165) is 24.8 Å². The third-order valence-electron chi connectivity index (χ3n) is 8.29. The second kappa shape index (κ2) is 14.1. The minimum absolute atomic E-state index is 0.0721. The van der Waals surface area contributed by atoms with Gasteiger partial charge < -0.3 is 24.4 Å². The van der Waals surface area contributed by atoms with Gasteiger partial charge in [-0.05, 0) is 89.3 Å². The highest BCUT2D eigenvalue weighted by Crippen LogP contribution is 2.40. The first-order chi connectivity index (χ1) is 23.3. The van der Waals surface area contributed by atoms with E-state index in [9.17, 15) is 13.2 Å². The molecule has 0 saturated carbocycles. The number of rotatable bonds is 9. The Balaban J connectivity index is 1.25. The Labute approximate surface area is 285 Å². The number of likely N-dealkylation sites (tertiary alicyclic amines) is 1. The molecule has 2 aromatic carbocycles. The lowest BCUT2D eigenvalue weighted by Gasteiger charge is -2.34. The van der Waals surface area contributed by atoms with Gasteiger partial charge in [-0.25, -0.2) is 32.6 Å². The Morgan fingerprint density at radius 2 is 1.88 bits per heavy atom. The van der Waals surface area contributed by atoms with Crippen molar-refractivity contribution >= 4 is 38.5 Å². The van der Waals surface area contributed by atoms with Crippen molar-refractivity contribution < 1.29 is 31.8 Å². The number of piperidine rings is 1. The summed E-state index contributed by atoms with van der Waals surface area (Å²) in [6, 6.07) is 11.5. The maximum atomic E-state index is 15.2. The smallest absolute Gasteiger partial charge is 0.410 e. The maximum absolute atomic E-state index is 15.2. The van der Waals surface area contributed by atoms with E-state index in [1.807, 2.05) is 33.8 Å². The van der Waals surface area contributed by atoms with E-state index in [1.165, 1.54) is 6.07 Å². The van der Waals surface area contributed by atoms with Crippen LogP contribution in [0, 0.1) is 12.7 Å². The molecule has 0 radical (unpaired) electrons. The Kier molecular flexibility index (Phi) is 9.89. The zero-order valence-electron chi connectivity index (χ0n) is 28.0. The monoisotopic (exact) mass is 692 g/mol. The topological polar surface area (TPSA) is 145 Å². The van der Waals surface area contributed by atoms with Crippen molar-refractivity contribution in [1.82, 2.24) is 19.9 Å². The molecule has 2 fully saturated rings. The van der Waals surface area contributed by atoms with E-state index in [1.54, 1.807) is 47.6 Å². The molecule has 0 spiro atoms. The first kappa shape index (κ1) is 34.3. The second-order valence-electron chi connectivity index (χ2n) is 13.4. The van der Waals surface area contributed by atoms with Gasteiger partial charge in [-0.15, -0.1) is 0 Å². The van der Waals surface area contributed by atoms with Crippen molar-refractivity contribution in [2.75, 3.05) is 35.5 Å². The Hall–Kier alpha value is -4.56. The molecule has 0 bridgehead atoms. The molecule has 2 aliphatic rings. The van der Waals surface area contributed by atoms with Crippen LogP contribution in [0.2, 0.25) is 0 Å². The summed E-state index contributed by atoms with van der Waals surface area (Å²) in [7, 11) is -3.90. The van der Waals surface area contributed by atoms with Gasteiger partial charge in [0.1, 0.15) is 17.2 Å². The molecule has 4 aromatic rings. The molecular formula is C35H41FN6O6S. The molecule has 4 heterocycles. The number of aryl methyl sites for hydroxylation is 1. The number of ether oxygens (including phenoxy) is 3. The molecule has 49 heavy (non-hydrogen) atoms. The van der Waals surface area contributed by atoms with Crippen LogP contribution in [0.3, 0.4) is 0 Å². The molecule has 0 unspecified atom stereocenters. The molecular weight excluding hydrogens is 651 g/mol. The van der Waals surface area contributed by atoms with E-state index in [2.05, 4.69) is 20.0 Å². The fourth-order valence-corrected chi connectivity index (χ4v) is 7.38. The van der Waals surface area contributed by atoms with Crippen molar-refractivity contribution in [2.24, 2.45) is 0 Å². The number of carbonyl (C=O) groups excluding carboxylic acids is 1. The number of benzene rings is 2. The zero-order valence-corrected chi connectivity index (χ0v) is 28.8. The minimum atomic E-state index is -3.90. The van der Waals surface area contributed by atoms with Crippen LogP contribution in [-0.4, -0.2) is 77.6 Å². The summed E-state index contributed by atoms with van der Waals surface area (Å²) < 4.78 is 61.1. The Morgan fingerprint density at radius 3 is 2.65 bits per heavy atom. The van der Waals surface area contributed by atoms with E-state index < -0.39 is 27.5 Å². The first-order valence-electron chi connectivity index (χ1n) is 16.4. The van der Waals surface area contributed by atoms with E-state index in [0.29, 0.717) is 59.8 Å². The molecule has 12 nitrogen and oxygen atoms in total. The highest BCUT2D eigenvalue weighted by atomic mass is 32.2. The molecule has 2 aliphatic heterocycles. The SMILES string of the molecule is Cc1ccc2c(NS(=O)(=O)C[C@H]3CCCO3)c(F)ccc2c1Oc1ncccc1-c1ccnc(N[C@H]2CCCN(C(=O)OC(C)(C)C)C2)n1. The lowest BCUT2D eigenvalue weighted by molar-refractivity contribution is 0.0206. The number of carbonyl (C=O) groups is 1. The van der Waals surface area contributed by atoms with E-state index in [4.69, 9.17) is 19.2 Å². The highest BCUT2D eigenvalue weighted by molar-refractivity contribution is 7.92. The van der Waals surface area contributed by atoms with E-state index in [-0.39, 0.29) is 29.5 Å². The number of fused-ring (bicyclic) bond motifs is 1. The molecule has 2 aromatic heterocycles. The molecule has 2 N–H and O–H groups in total. The lowest BCUT2D eigenvalue weighted by atomic mass is 10.0. The summed E-state index contributed by atoms with van der Waals surface area (Å²) >= 11 is 0. The quantitative estimate of drug-likeness (QED) is 0.195. The number of nitrogens with one attached hydrogen (secondary N) is 2. The Morgan fingerprint density at radius 1 is 1.06 bits per heavy atom. The van der Waals surface area contributed by atoms with Crippen molar-refractivity contribution in [1.29, 1.82) is 0 Å². The summed E-state index contributed by atoms with van der Waals surface area (Å²) in [5.74, 6) is 0.0775. The molecule has 14 heteroatoms. The van der Waals surface area contributed by atoms with Gasteiger partial charge in [0.15, 0.2) is 0 Å². The average Bonchev–Trinajstić information content (AvgIpc) is 3.55. The van der Waals surface area contributed by atoms with Gasteiger partial charge in [0.2, 0.25) is 21.9 Å². The number of amides is 1. The average molecular weight is 693 g/mol. The third-order valence-corrected chi connectivity index (χ3v) is 9.62. The van der Waals surface area contributed by atoms with Crippen LogP contribution in [0.5, 0.6) is 11.6 Å². The second-order valence-corrected chi connectivity index (χ2v) is 15.1.